The number of ether oxygens (including phenoxy) is 1. The van der Waals surface area contributed by atoms with Crippen LogP contribution in [0, 0.1) is 5.82 Å². The Bertz CT molecular complexity index is 1470. The Kier molecular flexibility index (Phi) is 6.53. The van der Waals surface area contributed by atoms with Gasteiger partial charge in [-0.3, -0.25) is 9.59 Å². The molecule has 0 radical (unpaired) electrons. The molecule has 0 aliphatic carbocycles. The van der Waals surface area contributed by atoms with Gasteiger partial charge in [-0.25, -0.2) is 4.39 Å². The highest BCUT2D eigenvalue weighted by Crippen LogP contribution is 2.40. The Labute approximate surface area is 213 Å². The Balaban J connectivity index is 1.54. The predicted molar refractivity (Wildman–Crippen MR) is 137 cm³/mol. The summed E-state index contributed by atoms with van der Waals surface area (Å²) in [6, 6.07) is 21.1. The average Bonchev–Trinajstić information content (AvgIpc) is 3.42. The van der Waals surface area contributed by atoms with Crippen LogP contribution in [0.15, 0.2) is 94.6 Å². The number of benzene rings is 3. The second-order valence-electron chi connectivity index (χ2n) is 9.26. The fourth-order valence-electron chi connectivity index (χ4n) is 4.62. The van der Waals surface area contributed by atoms with Gasteiger partial charge in [0.1, 0.15) is 17.1 Å². The summed E-state index contributed by atoms with van der Waals surface area (Å²) >= 11 is 0. The number of nitrogens with zero attached hydrogens (tertiary/aromatic N) is 1. The molecular weight excluding hydrogens is 473 g/mol. The van der Waals surface area contributed by atoms with Crippen LogP contribution in [0.3, 0.4) is 0 Å². The highest BCUT2D eigenvalue weighted by molar-refractivity contribution is 6.16. The lowest BCUT2D eigenvalue weighted by Gasteiger charge is -2.27. The van der Waals surface area contributed by atoms with Gasteiger partial charge in [0.05, 0.1) is 17.7 Å². The number of halogens is 1. The molecule has 3 aromatic carbocycles. The number of aliphatic hydroxyl groups is 1. The van der Waals surface area contributed by atoms with Crippen molar-refractivity contribution in [3.8, 4) is 5.75 Å². The van der Waals surface area contributed by atoms with Gasteiger partial charge in [0.15, 0.2) is 11.5 Å². The van der Waals surface area contributed by atoms with Crippen LogP contribution in [0.25, 0.3) is 11.0 Å². The maximum atomic E-state index is 13.7. The maximum absolute atomic E-state index is 13.7. The quantitative estimate of drug-likeness (QED) is 0.293. The summed E-state index contributed by atoms with van der Waals surface area (Å²) in [4.78, 5) is 28.5. The first-order valence-corrected chi connectivity index (χ1v) is 12.1. The molecule has 7 heteroatoms. The van der Waals surface area contributed by atoms with Crippen molar-refractivity contribution in [1.29, 1.82) is 0 Å². The largest absolute Gasteiger partial charge is 0.503 e. The fraction of sp³-hybridized carbons (Fsp3) is 0.200. The topological polar surface area (TPSA) is 80.0 Å². The monoisotopic (exact) mass is 499 g/mol. The molecule has 1 atom stereocenters. The van der Waals surface area contributed by atoms with E-state index in [0.717, 1.165) is 10.9 Å². The normalized spacial score (nSPS) is 15.7. The minimum Gasteiger partial charge on any atom is -0.503 e. The Morgan fingerprint density at radius 3 is 2.54 bits per heavy atom. The number of ketones is 1. The SMILES string of the molecule is CC(C)Oc1cccc(C2C(C(=O)c3cc4ccccc4o3)=C(O)C(=O)N2CCc2ccc(F)cc2)c1. The highest BCUT2D eigenvalue weighted by Gasteiger charge is 2.44. The van der Waals surface area contributed by atoms with Gasteiger partial charge in [0.2, 0.25) is 5.78 Å². The average molecular weight is 500 g/mol. The number of aliphatic hydroxyl groups excluding tert-OH is 1. The first kappa shape index (κ1) is 24.3. The van der Waals surface area contributed by atoms with E-state index in [0.29, 0.717) is 23.3 Å². The predicted octanol–water partition coefficient (Wildman–Crippen LogP) is 6.18. The summed E-state index contributed by atoms with van der Waals surface area (Å²) in [5.74, 6) is -1.55. The Hall–Kier alpha value is -4.39. The lowest BCUT2D eigenvalue weighted by Crippen LogP contribution is -2.33. The van der Waals surface area contributed by atoms with Gasteiger partial charge < -0.3 is 19.2 Å². The van der Waals surface area contributed by atoms with Crippen LogP contribution in [-0.4, -0.2) is 34.3 Å². The second-order valence-corrected chi connectivity index (χ2v) is 9.26. The molecule has 1 aromatic heterocycles. The molecule has 0 bridgehead atoms. The third-order valence-electron chi connectivity index (χ3n) is 6.30. The first-order chi connectivity index (χ1) is 17.8. The smallest absolute Gasteiger partial charge is 0.290 e. The van der Waals surface area contributed by atoms with Gasteiger partial charge in [-0.15, -0.1) is 0 Å². The van der Waals surface area contributed by atoms with Crippen LogP contribution in [0.1, 0.15) is 41.6 Å². The van der Waals surface area contributed by atoms with Crippen molar-refractivity contribution < 1.29 is 28.2 Å². The molecule has 1 amide bonds. The third-order valence-corrected chi connectivity index (χ3v) is 6.30. The van der Waals surface area contributed by atoms with E-state index in [1.165, 1.54) is 17.0 Å². The van der Waals surface area contributed by atoms with Gasteiger partial charge in [-0.05, 0) is 67.8 Å². The van der Waals surface area contributed by atoms with Crippen molar-refractivity contribution in [2.45, 2.75) is 32.4 Å². The third kappa shape index (κ3) is 4.85. The molecule has 1 unspecified atom stereocenters. The van der Waals surface area contributed by atoms with Gasteiger partial charge >= 0.3 is 0 Å². The summed E-state index contributed by atoms with van der Waals surface area (Å²) in [5.41, 5.74) is 1.92. The zero-order valence-electron chi connectivity index (χ0n) is 20.5. The summed E-state index contributed by atoms with van der Waals surface area (Å²) in [7, 11) is 0. The van der Waals surface area contributed by atoms with Crippen molar-refractivity contribution in [2.24, 2.45) is 0 Å². The number of Topliss-reactive ketones (excluding diaryl/α,β-unsaturated/α-hetero) is 1. The van der Waals surface area contributed by atoms with E-state index in [9.17, 15) is 19.1 Å². The molecule has 0 saturated heterocycles. The summed E-state index contributed by atoms with van der Waals surface area (Å²) in [5, 5.41) is 11.7. The minimum atomic E-state index is -0.857. The van der Waals surface area contributed by atoms with Gasteiger partial charge in [-0.1, -0.05) is 42.5 Å². The van der Waals surface area contributed by atoms with Crippen LogP contribution in [0.2, 0.25) is 0 Å². The summed E-state index contributed by atoms with van der Waals surface area (Å²) < 4.78 is 25.0. The maximum Gasteiger partial charge on any atom is 0.290 e. The molecule has 0 saturated carbocycles. The van der Waals surface area contributed by atoms with E-state index < -0.39 is 23.5 Å². The van der Waals surface area contributed by atoms with Gasteiger partial charge in [0, 0.05) is 11.9 Å². The van der Waals surface area contributed by atoms with Crippen molar-refractivity contribution in [3.63, 3.8) is 0 Å². The number of amides is 1. The zero-order chi connectivity index (χ0) is 26.1. The number of hydrogen-bond acceptors (Lipinski definition) is 5. The summed E-state index contributed by atoms with van der Waals surface area (Å²) in [6.45, 7) is 4.01. The van der Waals surface area contributed by atoms with Crippen molar-refractivity contribution >= 4 is 22.7 Å². The fourth-order valence-corrected chi connectivity index (χ4v) is 4.62. The van der Waals surface area contributed by atoms with Crippen LogP contribution in [0.4, 0.5) is 4.39 Å². The van der Waals surface area contributed by atoms with E-state index in [4.69, 9.17) is 9.15 Å². The van der Waals surface area contributed by atoms with Gasteiger partial charge in [0.25, 0.3) is 5.91 Å². The number of carbonyl (C=O) groups is 2. The van der Waals surface area contributed by atoms with Crippen molar-refractivity contribution in [3.05, 3.63) is 113 Å². The van der Waals surface area contributed by atoms with Crippen LogP contribution >= 0.6 is 0 Å². The molecule has 1 aliphatic heterocycles. The van der Waals surface area contributed by atoms with Gasteiger partial charge in [-0.2, -0.15) is 0 Å². The molecule has 6 nitrogen and oxygen atoms in total. The molecular formula is C30H26FNO5. The molecule has 2 heterocycles. The molecule has 0 fully saturated rings. The van der Waals surface area contributed by atoms with E-state index >= 15 is 0 Å². The summed E-state index contributed by atoms with van der Waals surface area (Å²) in [6.07, 6.45) is 0.333. The molecule has 1 N–H and O–H groups in total. The molecule has 1 aliphatic rings. The van der Waals surface area contributed by atoms with Crippen molar-refractivity contribution in [2.75, 3.05) is 6.54 Å². The molecule has 188 valence electrons. The number of fused-ring (bicyclic) bond motifs is 1. The van der Waals surface area contributed by atoms with Crippen LogP contribution < -0.4 is 4.74 Å². The molecule has 5 rings (SSSR count). The molecule has 4 aromatic rings. The van der Waals surface area contributed by atoms with E-state index in [1.807, 2.05) is 26.0 Å². The minimum absolute atomic E-state index is 0.0375. The molecule has 37 heavy (non-hydrogen) atoms. The van der Waals surface area contributed by atoms with Crippen LogP contribution in [0.5, 0.6) is 5.75 Å². The second kappa shape index (κ2) is 9.93. The molecule has 0 spiro atoms. The lowest BCUT2D eigenvalue weighted by molar-refractivity contribution is -0.129. The van der Waals surface area contributed by atoms with E-state index in [1.54, 1.807) is 54.6 Å². The zero-order valence-corrected chi connectivity index (χ0v) is 20.5. The Morgan fingerprint density at radius 2 is 1.81 bits per heavy atom. The first-order valence-electron chi connectivity index (χ1n) is 12.1. The van der Waals surface area contributed by atoms with Crippen LogP contribution in [-0.2, 0) is 11.2 Å². The number of carbonyl (C=O) groups excluding carboxylic acids is 2. The lowest BCUT2D eigenvalue weighted by atomic mass is 9.94. The standard InChI is InChI=1S/C30H26FNO5/c1-18(2)36-23-8-5-7-21(16-23)27-26(28(33)25-17-20-6-3-4-9-24(20)37-25)29(34)30(35)32(27)15-14-19-10-12-22(31)13-11-19/h3-13,16-18,27,34H,14-15H2,1-2H3. The van der Waals surface area contributed by atoms with Crippen molar-refractivity contribution in [1.82, 2.24) is 4.90 Å². The Morgan fingerprint density at radius 1 is 1.05 bits per heavy atom. The van der Waals surface area contributed by atoms with E-state index in [-0.39, 0.29) is 29.8 Å². The number of para-hydroxylation sites is 1. The highest BCUT2D eigenvalue weighted by atomic mass is 19.1. The number of furan rings is 1. The van der Waals surface area contributed by atoms with E-state index in [2.05, 4.69) is 0 Å². The number of rotatable bonds is 8. The number of hydrogen-bond donors (Lipinski definition) is 1.